The summed E-state index contributed by atoms with van der Waals surface area (Å²) < 4.78 is 27.7. The van der Waals surface area contributed by atoms with Crippen molar-refractivity contribution in [1.82, 2.24) is 10.3 Å². The van der Waals surface area contributed by atoms with Crippen molar-refractivity contribution in [3.8, 4) is 0 Å². The Labute approximate surface area is 160 Å². The highest BCUT2D eigenvalue weighted by Gasteiger charge is 2.25. The van der Waals surface area contributed by atoms with E-state index in [0.717, 1.165) is 24.5 Å². The summed E-state index contributed by atoms with van der Waals surface area (Å²) in [5, 5.41) is 2.27. The minimum Gasteiger partial charge on any atom is -0.367 e. The summed E-state index contributed by atoms with van der Waals surface area (Å²) in [6, 6.07) is 5.69. The van der Waals surface area contributed by atoms with Gasteiger partial charge in [0.2, 0.25) is 0 Å². The first-order valence-electron chi connectivity index (χ1n) is 8.18. The summed E-state index contributed by atoms with van der Waals surface area (Å²) in [6.45, 7) is 3.05. The zero-order valence-corrected chi connectivity index (χ0v) is 15.5. The van der Waals surface area contributed by atoms with Gasteiger partial charge < -0.3 is 10.2 Å². The monoisotopic (exact) mass is 399 g/mol. The van der Waals surface area contributed by atoms with Crippen LogP contribution in [0.2, 0.25) is 10.3 Å². The van der Waals surface area contributed by atoms with Crippen LogP contribution in [0, 0.1) is 18.6 Å². The third-order valence-corrected chi connectivity index (χ3v) is 4.88. The molecule has 2 aromatic rings. The lowest BCUT2D eigenvalue weighted by Crippen LogP contribution is -2.48. The van der Waals surface area contributed by atoms with Crippen molar-refractivity contribution < 1.29 is 13.6 Å². The second-order valence-corrected chi connectivity index (χ2v) is 7.03. The number of halogens is 4. The Bertz CT molecular complexity index is 847. The Morgan fingerprint density at radius 2 is 2.00 bits per heavy atom. The number of piperidine rings is 1. The molecule has 1 fully saturated rings. The molecular weight excluding hydrogens is 383 g/mol. The van der Waals surface area contributed by atoms with Gasteiger partial charge in [-0.2, -0.15) is 0 Å². The number of rotatable bonds is 3. The van der Waals surface area contributed by atoms with Gasteiger partial charge in [0.05, 0.1) is 11.3 Å². The maximum absolute atomic E-state index is 14.1. The van der Waals surface area contributed by atoms with Gasteiger partial charge in [0.1, 0.15) is 11.0 Å². The molecule has 0 bridgehead atoms. The van der Waals surface area contributed by atoms with Crippen molar-refractivity contribution >= 4 is 34.8 Å². The Morgan fingerprint density at radius 3 is 2.77 bits per heavy atom. The standard InChI is InChI=1S/C18H17Cl2F2N3O/c1-10-4-5-13(21)15(7-10)25-6-2-3-11(9-25)23-18(26)12-8-14(22)17(20)24-16(12)19/h4-5,7-8,11H,2-3,6,9H2,1H3,(H,23,26). The van der Waals surface area contributed by atoms with Gasteiger partial charge in [-0.1, -0.05) is 29.3 Å². The highest BCUT2D eigenvalue weighted by Crippen LogP contribution is 2.25. The van der Waals surface area contributed by atoms with E-state index < -0.39 is 11.7 Å². The van der Waals surface area contributed by atoms with Crippen LogP contribution in [0.5, 0.6) is 0 Å². The lowest BCUT2D eigenvalue weighted by Gasteiger charge is -2.35. The maximum atomic E-state index is 14.1. The van der Waals surface area contributed by atoms with Crippen LogP contribution >= 0.6 is 23.2 Å². The molecular formula is C18H17Cl2F2N3O. The van der Waals surface area contributed by atoms with E-state index in [0.29, 0.717) is 18.8 Å². The summed E-state index contributed by atoms with van der Waals surface area (Å²) in [6.07, 6.45) is 1.52. The molecule has 8 heteroatoms. The van der Waals surface area contributed by atoms with Gasteiger partial charge in [-0.15, -0.1) is 0 Å². The minimum atomic E-state index is -0.812. The Balaban J connectivity index is 1.73. The highest BCUT2D eigenvalue weighted by atomic mass is 35.5. The molecule has 26 heavy (non-hydrogen) atoms. The first-order chi connectivity index (χ1) is 12.3. The number of aromatic nitrogens is 1. The van der Waals surface area contributed by atoms with Crippen molar-refractivity contribution in [1.29, 1.82) is 0 Å². The zero-order chi connectivity index (χ0) is 18.8. The van der Waals surface area contributed by atoms with Crippen LogP contribution in [0.1, 0.15) is 28.8 Å². The molecule has 1 amide bonds. The van der Waals surface area contributed by atoms with E-state index in [1.54, 1.807) is 12.1 Å². The van der Waals surface area contributed by atoms with Crippen LogP contribution in [0.25, 0.3) is 0 Å². The van der Waals surface area contributed by atoms with E-state index in [-0.39, 0.29) is 27.7 Å². The Hall–Kier alpha value is -1.92. The Morgan fingerprint density at radius 1 is 1.23 bits per heavy atom. The average Bonchev–Trinajstić information content (AvgIpc) is 2.60. The molecule has 1 aromatic heterocycles. The predicted octanol–water partition coefficient (Wildman–Crippen LogP) is 4.37. The summed E-state index contributed by atoms with van der Waals surface area (Å²) in [4.78, 5) is 17.9. The van der Waals surface area contributed by atoms with Gasteiger partial charge in [-0.25, -0.2) is 13.8 Å². The van der Waals surface area contributed by atoms with E-state index in [2.05, 4.69) is 10.3 Å². The van der Waals surface area contributed by atoms with Crippen molar-refractivity contribution in [2.75, 3.05) is 18.0 Å². The molecule has 0 saturated carbocycles. The lowest BCUT2D eigenvalue weighted by atomic mass is 10.0. The summed E-state index contributed by atoms with van der Waals surface area (Å²) in [7, 11) is 0. The number of hydrogen-bond donors (Lipinski definition) is 1. The van der Waals surface area contributed by atoms with Gasteiger partial charge in [-0.3, -0.25) is 4.79 Å². The van der Waals surface area contributed by atoms with Crippen LogP contribution in [0.3, 0.4) is 0 Å². The van der Waals surface area contributed by atoms with Crippen LogP contribution in [0.15, 0.2) is 24.3 Å². The molecule has 138 valence electrons. The van der Waals surface area contributed by atoms with Crippen LogP contribution < -0.4 is 10.2 Å². The molecule has 0 spiro atoms. The number of nitrogens with zero attached hydrogens (tertiary/aromatic N) is 2. The van der Waals surface area contributed by atoms with Gasteiger partial charge in [0, 0.05) is 19.1 Å². The fourth-order valence-corrected chi connectivity index (χ4v) is 3.45. The number of anilines is 1. The topological polar surface area (TPSA) is 45.2 Å². The fraction of sp³-hybridized carbons (Fsp3) is 0.333. The molecule has 1 aliphatic rings. The molecule has 0 radical (unpaired) electrons. The second kappa shape index (κ2) is 7.76. The molecule has 4 nitrogen and oxygen atoms in total. The van der Waals surface area contributed by atoms with Gasteiger partial charge in [-0.05, 0) is 43.5 Å². The normalized spacial score (nSPS) is 17.3. The van der Waals surface area contributed by atoms with E-state index in [4.69, 9.17) is 23.2 Å². The first-order valence-corrected chi connectivity index (χ1v) is 8.94. The van der Waals surface area contributed by atoms with Crippen LogP contribution in [-0.2, 0) is 0 Å². The third-order valence-electron chi connectivity index (χ3n) is 4.33. The molecule has 1 atom stereocenters. The highest BCUT2D eigenvalue weighted by molar-refractivity contribution is 6.34. The fourth-order valence-electron chi connectivity index (χ4n) is 3.05. The largest absolute Gasteiger partial charge is 0.367 e. The number of pyridine rings is 1. The number of nitrogens with one attached hydrogen (secondary N) is 1. The van der Waals surface area contributed by atoms with Gasteiger partial charge in [0.25, 0.3) is 5.91 Å². The average molecular weight is 400 g/mol. The number of amides is 1. The molecule has 2 heterocycles. The van der Waals surface area contributed by atoms with E-state index in [1.807, 2.05) is 11.8 Å². The van der Waals surface area contributed by atoms with Crippen LogP contribution in [-0.4, -0.2) is 30.0 Å². The summed E-state index contributed by atoms with van der Waals surface area (Å²) in [5.74, 6) is -1.64. The quantitative estimate of drug-likeness (QED) is 0.779. The number of carbonyl (C=O) groups is 1. The molecule has 3 rings (SSSR count). The van der Waals surface area contributed by atoms with Gasteiger partial charge in [0.15, 0.2) is 11.0 Å². The maximum Gasteiger partial charge on any atom is 0.254 e. The van der Waals surface area contributed by atoms with Gasteiger partial charge >= 0.3 is 0 Å². The zero-order valence-electron chi connectivity index (χ0n) is 14.0. The van der Waals surface area contributed by atoms with Crippen molar-refractivity contribution in [3.05, 3.63) is 57.3 Å². The molecule has 1 saturated heterocycles. The number of aryl methyl sites for hydroxylation is 1. The van der Waals surface area contributed by atoms with Crippen molar-refractivity contribution in [2.24, 2.45) is 0 Å². The smallest absolute Gasteiger partial charge is 0.254 e. The van der Waals surface area contributed by atoms with Crippen molar-refractivity contribution in [3.63, 3.8) is 0 Å². The van der Waals surface area contributed by atoms with E-state index in [1.165, 1.54) is 6.07 Å². The SMILES string of the molecule is Cc1ccc(F)c(N2CCCC(NC(=O)c3cc(F)c(Cl)nc3Cl)C2)c1. The van der Waals surface area contributed by atoms with E-state index in [9.17, 15) is 13.6 Å². The Kier molecular flexibility index (Phi) is 5.63. The van der Waals surface area contributed by atoms with E-state index >= 15 is 0 Å². The molecule has 1 aliphatic heterocycles. The molecule has 0 aliphatic carbocycles. The number of benzene rings is 1. The summed E-state index contributed by atoms with van der Waals surface area (Å²) >= 11 is 11.4. The summed E-state index contributed by atoms with van der Waals surface area (Å²) in [5.41, 5.74) is 1.40. The van der Waals surface area contributed by atoms with Crippen LogP contribution in [0.4, 0.5) is 14.5 Å². The lowest BCUT2D eigenvalue weighted by molar-refractivity contribution is 0.0932. The predicted molar refractivity (Wildman–Crippen MR) is 98.1 cm³/mol. The first kappa shape index (κ1) is 18.9. The second-order valence-electron chi connectivity index (χ2n) is 6.31. The molecule has 1 aromatic carbocycles. The number of hydrogen-bond acceptors (Lipinski definition) is 3. The minimum absolute atomic E-state index is 0.0765. The molecule has 1 unspecified atom stereocenters. The molecule has 1 N–H and O–H groups in total. The number of carbonyl (C=O) groups excluding carboxylic acids is 1. The van der Waals surface area contributed by atoms with Crippen molar-refractivity contribution in [2.45, 2.75) is 25.8 Å². The third kappa shape index (κ3) is 4.07.